The molecule has 3 atom stereocenters. The van der Waals surface area contributed by atoms with Gasteiger partial charge in [-0.15, -0.1) is 0 Å². The topological polar surface area (TPSA) is 61.9 Å². The summed E-state index contributed by atoms with van der Waals surface area (Å²) in [5, 5.41) is 2.80. The zero-order valence-corrected chi connectivity index (χ0v) is 18.3. The molecular formula is C25H33N3O3. The van der Waals surface area contributed by atoms with Gasteiger partial charge in [0, 0.05) is 23.8 Å². The van der Waals surface area contributed by atoms with Crippen LogP contribution in [0.4, 0.5) is 0 Å². The molecule has 2 saturated heterocycles. The Hall–Kier alpha value is -2.34. The molecule has 1 saturated carbocycles. The van der Waals surface area contributed by atoms with Crippen molar-refractivity contribution >= 4 is 11.8 Å². The molecule has 1 N–H and O–H groups in total. The Kier molecular flexibility index (Phi) is 5.74. The summed E-state index contributed by atoms with van der Waals surface area (Å²) in [7, 11) is 0. The lowest BCUT2D eigenvalue weighted by atomic mass is 9.90. The van der Waals surface area contributed by atoms with Crippen LogP contribution in [0.15, 0.2) is 30.5 Å². The molecule has 1 aliphatic carbocycles. The molecule has 1 aromatic rings. The van der Waals surface area contributed by atoms with Crippen LogP contribution in [0.25, 0.3) is 0 Å². The van der Waals surface area contributed by atoms with Crippen LogP contribution in [0.5, 0.6) is 5.75 Å². The number of hydrogen-bond donors (Lipinski definition) is 1. The highest BCUT2D eigenvalue weighted by Gasteiger charge is 2.38. The van der Waals surface area contributed by atoms with E-state index in [1.165, 1.54) is 51.6 Å². The number of ether oxygens (including phenoxy) is 1. The molecule has 2 amide bonds. The first-order chi connectivity index (χ1) is 15.1. The van der Waals surface area contributed by atoms with Gasteiger partial charge in [0.25, 0.3) is 5.91 Å². The molecule has 0 bridgehead atoms. The maximum atomic E-state index is 13.0. The Morgan fingerprint density at radius 1 is 1.00 bits per heavy atom. The van der Waals surface area contributed by atoms with E-state index < -0.39 is 6.04 Å². The largest absolute Gasteiger partial charge is 0.489 e. The average Bonchev–Trinajstić information content (AvgIpc) is 3.10. The fourth-order valence-electron chi connectivity index (χ4n) is 5.76. The van der Waals surface area contributed by atoms with Crippen molar-refractivity contribution < 1.29 is 14.3 Å². The number of amides is 2. The normalized spacial score (nSPS) is 29.6. The number of fused-ring (bicyclic) bond motifs is 1. The van der Waals surface area contributed by atoms with Gasteiger partial charge in [0.2, 0.25) is 5.91 Å². The smallest absolute Gasteiger partial charge is 0.255 e. The zero-order chi connectivity index (χ0) is 21.4. The van der Waals surface area contributed by atoms with Crippen LogP contribution in [0.3, 0.4) is 0 Å². The van der Waals surface area contributed by atoms with Crippen molar-refractivity contribution in [1.29, 1.82) is 0 Å². The molecule has 1 unspecified atom stereocenters. The van der Waals surface area contributed by atoms with Crippen LogP contribution in [0, 0.1) is 0 Å². The SMILES string of the molecule is C=C1CCC(N2Cc3cc(O[C@H]4CCCC[C@H]4N4CCCCC4)ccc3C2=O)C(=O)N1. The van der Waals surface area contributed by atoms with Crippen molar-refractivity contribution in [2.75, 3.05) is 13.1 Å². The van der Waals surface area contributed by atoms with E-state index in [1.54, 1.807) is 4.90 Å². The Morgan fingerprint density at radius 3 is 2.61 bits per heavy atom. The molecule has 5 rings (SSSR count). The average molecular weight is 424 g/mol. The monoisotopic (exact) mass is 423 g/mol. The molecule has 0 radical (unpaired) electrons. The molecule has 31 heavy (non-hydrogen) atoms. The van der Waals surface area contributed by atoms with E-state index in [4.69, 9.17) is 4.74 Å². The minimum atomic E-state index is -0.420. The molecule has 4 aliphatic rings. The van der Waals surface area contributed by atoms with Crippen LogP contribution < -0.4 is 10.1 Å². The van der Waals surface area contributed by atoms with Gasteiger partial charge in [0.15, 0.2) is 0 Å². The predicted octanol–water partition coefficient (Wildman–Crippen LogP) is 3.61. The molecule has 3 fully saturated rings. The molecule has 1 aromatic carbocycles. The summed E-state index contributed by atoms with van der Waals surface area (Å²) in [6.07, 6.45) is 10.3. The van der Waals surface area contributed by atoms with Crippen LogP contribution >= 0.6 is 0 Å². The van der Waals surface area contributed by atoms with E-state index in [0.717, 1.165) is 23.4 Å². The molecule has 6 nitrogen and oxygen atoms in total. The minimum Gasteiger partial charge on any atom is -0.489 e. The lowest BCUT2D eigenvalue weighted by Gasteiger charge is -2.41. The summed E-state index contributed by atoms with van der Waals surface area (Å²) in [6, 6.07) is 5.92. The third-order valence-electron chi connectivity index (χ3n) is 7.42. The van der Waals surface area contributed by atoms with Gasteiger partial charge >= 0.3 is 0 Å². The summed E-state index contributed by atoms with van der Waals surface area (Å²) in [6.45, 7) is 6.68. The third-order valence-corrected chi connectivity index (χ3v) is 7.42. The third kappa shape index (κ3) is 4.10. The second kappa shape index (κ2) is 8.65. The molecule has 6 heteroatoms. The van der Waals surface area contributed by atoms with Crippen LogP contribution in [0.2, 0.25) is 0 Å². The van der Waals surface area contributed by atoms with E-state index in [1.807, 2.05) is 18.2 Å². The summed E-state index contributed by atoms with van der Waals surface area (Å²) in [5.74, 6) is 0.669. The number of hydrogen-bond acceptors (Lipinski definition) is 4. The van der Waals surface area contributed by atoms with Gasteiger partial charge in [-0.3, -0.25) is 14.5 Å². The highest BCUT2D eigenvalue weighted by molar-refractivity contribution is 6.01. The number of allylic oxidation sites excluding steroid dienone is 1. The van der Waals surface area contributed by atoms with Gasteiger partial charge < -0.3 is 15.0 Å². The van der Waals surface area contributed by atoms with Crippen LogP contribution in [-0.2, 0) is 11.3 Å². The summed E-state index contributed by atoms with van der Waals surface area (Å²) in [4.78, 5) is 29.7. The van der Waals surface area contributed by atoms with Crippen molar-refractivity contribution in [1.82, 2.24) is 15.1 Å². The van der Waals surface area contributed by atoms with E-state index in [9.17, 15) is 9.59 Å². The molecular weight excluding hydrogens is 390 g/mol. The fraction of sp³-hybridized carbons (Fsp3) is 0.600. The van der Waals surface area contributed by atoms with E-state index in [-0.39, 0.29) is 17.9 Å². The molecule has 0 aromatic heterocycles. The van der Waals surface area contributed by atoms with E-state index in [0.29, 0.717) is 31.0 Å². The number of carbonyl (C=O) groups excluding carboxylic acids is 2. The lowest BCUT2D eigenvalue weighted by Crippen LogP contribution is -2.49. The van der Waals surface area contributed by atoms with Gasteiger partial charge in [0.05, 0.1) is 0 Å². The standard InChI is InChI=1S/C25H33N3O3/c1-17-9-12-22(24(29)26-17)28-16-18-15-19(10-11-20(18)25(28)30)31-23-8-4-3-7-21(23)27-13-5-2-6-14-27/h10-11,15,21-23H,1-9,12-14,16H2,(H,26,29)/t21-,22?,23+/m1/s1. The van der Waals surface area contributed by atoms with Crippen LogP contribution in [-0.4, -0.2) is 52.9 Å². The number of piperidine rings is 2. The highest BCUT2D eigenvalue weighted by atomic mass is 16.5. The first-order valence-electron chi connectivity index (χ1n) is 11.9. The van der Waals surface area contributed by atoms with Gasteiger partial charge in [0.1, 0.15) is 17.9 Å². The van der Waals surface area contributed by atoms with Gasteiger partial charge in [-0.2, -0.15) is 0 Å². The van der Waals surface area contributed by atoms with E-state index >= 15 is 0 Å². The van der Waals surface area contributed by atoms with Crippen molar-refractivity contribution in [2.24, 2.45) is 0 Å². The first-order valence-corrected chi connectivity index (χ1v) is 11.9. The molecule has 166 valence electrons. The number of nitrogens with zero attached hydrogens (tertiary/aromatic N) is 2. The Labute approximate surface area is 184 Å². The summed E-state index contributed by atoms with van der Waals surface area (Å²) < 4.78 is 6.54. The summed E-state index contributed by atoms with van der Waals surface area (Å²) >= 11 is 0. The second-order valence-corrected chi connectivity index (χ2v) is 9.50. The fourth-order valence-corrected chi connectivity index (χ4v) is 5.76. The number of carbonyl (C=O) groups is 2. The van der Waals surface area contributed by atoms with Crippen molar-refractivity contribution in [2.45, 2.75) is 82.5 Å². The highest BCUT2D eigenvalue weighted by Crippen LogP contribution is 2.33. The first kappa shape index (κ1) is 20.6. The number of rotatable bonds is 4. The van der Waals surface area contributed by atoms with Gasteiger partial charge in [-0.1, -0.05) is 19.4 Å². The van der Waals surface area contributed by atoms with Crippen LogP contribution in [0.1, 0.15) is 73.7 Å². The molecule has 3 aliphatic heterocycles. The minimum absolute atomic E-state index is 0.0573. The molecule has 0 spiro atoms. The molecule has 3 heterocycles. The second-order valence-electron chi connectivity index (χ2n) is 9.50. The number of benzene rings is 1. The predicted molar refractivity (Wildman–Crippen MR) is 119 cm³/mol. The van der Waals surface area contributed by atoms with E-state index in [2.05, 4.69) is 16.8 Å². The van der Waals surface area contributed by atoms with Gasteiger partial charge in [-0.25, -0.2) is 0 Å². The van der Waals surface area contributed by atoms with Crippen molar-refractivity contribution in [3.63, 3.8) is 0 Å². The zero-order valence-electron chi connectivity index (χ0n) is 18.3. The maximum Gasteiger partial charge on any atom is 0.255 e. The lowest BCUT2D eigenvalue weighted by molar-refractivity contribution is -0.126. The van der Waals surface area contributed by atoms with Gasteiger partial charge in [-0.05, 0) is 81.8 Å². The summed E-state index contributed by atoms with van der Waals surface area (Å²) in [5.41, 5.74) is 2.39. The maximum absolute atomic E-state index is 13.0. The quantitative estimate of drug-likeness (QED) is 0.804. The van der Waals surface area contributed by atoms with Crippen molar-refractivity contribution in [3.8, 4) is 5.75 Å². The Balaban J connectivity index is 1.29. The number of likely N-dealkylation sites (tertiary alicyclic amines) is 1. The Morgan fingerprint density at radius 2 is 1.81 bits per heavy atom. The number of nitrogens with one attached hydrogen (secondary N) is 1. The van der Waals surface area contributed by atoms with Crippen molar-refractivity contribution in [3.05, 3.63) is 41.6 Å². The Bertz CT molecular complexity index is 877.